The molecule has 1 aromatic carbocycles. The molecular weight excluding hydrogens is 243 g/mol. The summed E-state index contributed by atoms with van der Waals surface area (Å²) >= 11 is 5.47. The average molecular weight is 251 g/mol. The Morgan fingerprint density at radius 3 is 2.53 bits per heavy atom. The molecule has 0 N–H and O–H groups in total. The number of ketones is 1. The number of hydrogen-bond acceptors (Lipinski definition) is 3. The van der Waals surface area contributed by atoms with Gasteiger partial charge in [-0.2, -0.15) is 0 Å². The van der Waals surface area contributed by atoms with Crippen LogP contribution in [0, 0.1) is 5.82 Å². The van der Waals surface area contributed by atoms with Gasteiger partial charge >= 0.3 is 0 Å². The zero-order chi connectivity index (χ0) is 11.6. The summed E-state index contributed by atoms with van der Waals surface area (Å²) in [6, 6.07) is 3.21. The molecule has 0 atom stereocenters. The highest BCUT2D eigenvalue weighted by Crippen LogP contribution is 2.19. The molecule has 0 saturated heterocycles. The van der Waals surface area contributed by atoms with Gasteiger partial charge in [0.05, 0.1) is 0 Å². The van der Waals surface area contributed by atoms with Crippen molar-refractivity contribution in [3.8, 4) is 0 Å². The van der Waals surface area contributed by atoms with Crippen LogP contribution >= 0.6 is 11.6 Å². The van der Waals surface area contributed by atoms with Gasteiger partial charge in [0.2, 0.25) is 0 Å². The predicted molar refractivity (Wildman–Crippen MR) is 54.1 cm³/mol. The standard InChI is InChI=1S/C9H8ClFO3S/c1-6(12)5-15(13,14)9-3-2-7(10)4-8(9)11/h2-4H,5H2,1H3. The number of carbonyl (C=O) groups excluding carboxylic acids is 1. The molecule has 3 nitrogen and oxygen atoms in total. The van der Waals surface area contributed by atoms with Gasteiger partial charge in [-0.15, -0.1) is 0 Å². The molecule has 15 heavy (non-hydrogen) atoms. The monoisotopic (exact) mass is 250 g/mol. The first kappa shape index (κ1) is 12.1. The highest BCUT2D eigenvalue weighted by Gasteiger charge is 2.20. The smallest absolute Gasteiger partial charge is 0.188 e. The minimum absolute atomic E-state index is 0.106. The van der Waals surface area contributed by atoms with E-state index in [1.165, 1.54) is 6.07 Å². The number of benzene rings is 1. The molecule has 0 spiro atoms. The number of halogens is 2. The highest BCUT2D eigenvalue weighted by atomic mass is 35.5. The van der Waals surface area contributed by atoms with Crippen molar-refractivity contribution < 1.29 is 17.6 Å². The second kappa shape index (κ2) is 4.28. The lowest BCUT2D eigenvalue weighted by atomic mass is 10.3. The van der Waals surface area contributed by atoms with Crippen LogP contribution in [0.1, 0.15) is 6.92 Å². The Morgan fingerprint density at radius 2 is 2.07 bits per heavy atom. The summed E-state index contributed by atoms with van der Waals surface area (Å²) in [6.07, 6.45) is 0. The fourth-order valence-corrected chi connectivity index (χ4v) is 2.55. The van der Waals surface area contributed by atoms with Gasteiger partial charge in [-0.1, -0.05) is 11.6 Å². The van der Waals surface area contributed by atoms with Crippen LogP contribution in [0.25, 0.3) is 0 Å². The largest absolute Gasteiger partial charge is 0.299 e. The minimum Gasteiger partial charge on any atom is -0.299 e. The summed E-state index contributed by atoms with van der Waals surface area (Å²) in [5, 5.41) is 0.106. The number of carbonyl (C=O) groups is 1. The molecular formula is C9H8ClFO3S. The summed E-state index contributed by atoms with van der Waals surface area (Å²) in [5.74, 6) is -2.18. The maximum atomic E-state index is 13.2. The van der Waals surface area contributed by atoms with E-state index in [1.54, 1.807) is 0 Å². The van der Waals surface area contributed by atoms with Crippen LogP contribution in [-0.4, -0.2) is 20.0 Å². The quantitative estimate of drug-likeness (QED) is 0.823. The number of hydrogen-bond donors (Lipinski definition) is 0. The topological polar surface area (TPSA) is 51.2 Å². The Labute approximate surface area is 91.8 Å². The predicted octanol–water partition coefficient (Wildman–Crippen LogP) is 1.84. The first-order chi connectivity index (χ1) is 6.83. The summed E-state index contributed by atoms with van der Waals surface area (Å²) in [7, 11) is -3.89. The molecule has 0 aliphatic rings. The van der Waals surface area contributed by atoms with E-state index >= 15 is 0 Å². The third-order valence-electron chi connectivity index (χ3n) is 1.62. The summed E-state index contributed by atoms with van der Waals surface area (Å²) in [5.41, 5.74) is 0. The Kier molecular flexibility index (Phi) is 3.46. The molecule has 0 bridgehead atoms. The van der Waals surface area contributed by atoms with Crippen molar-refractivity contribution in [3.63, 3.8) is 0 Å². The first-order valence-corrected chi connectivity index (χ1v) is 6.03. The molecule has 0 aliphatic heterocycles. The van der Waals surface area contributed by atoms with Crippen LogP contribution in [-0.2, 0) is 14.6 Å². The molecule has 82 valence electrons. The van der Waals surface area contributed by atoms with Crippen molar-refractivity contribution in [2.24, 2.45) is 0 Å². The van der Waals surface area contributed by atoms with Gasteiger partial charge in [0, 0.05) is 5.02 Å². The Bertz CT molecular complexity index is 496. The average Bonchev–Trinajstić information content (AvgIpc) is 1.99. The van der Waals surface area contributed by atoms with Crippen LogP contribution in [0.15, 0.2) is 23.1 Å². The normalized spacial score (nSPS) is 11.4. The molecule has 1 aromatic rings. The van der Waals surface area contributed by atoms with Crippen molar-refractivity contribution in [1.82, 2.24) is 0 Å². The van der Waals surface area contributed by atoms with E-state index in [4.69, 9.17) is 11.6 Å². The van der Waals surface area contributed by atoms with Crippen LogP contribution in [0.3, 0.4) is 0 Å². The Balaban J connectivity index is 3.22. The number of rotatable bonds is 3. The van der Waals surface area contributed by atoms with Gasteiger partial charge in [0.25, 0.3) is 0 Å². The zero-order valence-electron chi connectivity index (χ0n) is 7.83. The highest BCUT2D eigenvalue weighted by molar-refractivity contribution is 7.92. The molecule has 0 aliphatic carbocycles. The van der Waals surface area contributed by atoms with E-state index in [0.717, 1.165) is 19.1 Å². The number of sulfone groups is 1. The third kappa shape index (κ3) is 3.00. The van der Waals surface area contributed by atoms with E-state index in [2.05, 4.69) is 0 Å². The van der Waals surface area contributed by atoms with Gasteiger partial charge in [0.1, 0.15) is 22.2 Å². The second-order valence-corrected chi connectivity index (χ2v) is 5.43. The van der Waals surface area contributed by atoms with Crippen molar-refractivity contribution in [2.75, 3.05) is 5.75 Å². The molecule has 0 saturated carbocycles. The van der Waals surface area contributed by atoms with Gasteiger partial charge in [-0.3, -0.25) is 4.79 Å². The second-order valence-electron chi connectivity index (χ2n) is 3.04. The Morgan fingerprint density at radius 1 is 1.47 bits per heavy atom. The molecule has 1 rings (SSSR count). The van der Waals surface area contributed by atoms with Crippen molar-refractivity contribution in [3.05, 3.63) is 29.0 Å². The summed E-state index contributed by atoms with van der Waals surface area (Å²) in [6.45, 7) is 1.13. The van der Waals surface area contributed by atoms with Crippen LogP contribution in [0.2, 0.25) is 5.02 Å². The van der Waals surface area contributed by atoms with Gasteiger partial charge < -0.3 is 0 Å². The van der Waals surface area contributed by atoms with Gasteiger partial charge in [-0.05, 0) is 25.1 Å². The molecule has 6 heteroatoms. The molecule has 0 radical (unpaired) electrons. The van der Waals surface area contributed by atoms with E-state index in [0.29, 0.717) is 0 Å². The minimum atomic E-state index is -3.89. The van der Waals surface area contributed by atoms with E-state index in [1.807, 2.05) is 0 Å². The fourth-order valence-electron chi connectivity index (χ4n) is 1.07. The lowest BCUT2D eigenvalue weighted by molar-refractivity contribution is -0.114. The zero-order valence-corrected chi connectivity index (χ0v) is 9.40. The van der Waals surface area contributed by atoms with Crippen molar-refractivity contribution in [1.29, 1.82) is 0 Å². The molecule has 0 amide bonds. The fraction of sp³-hybridized carbons (Fsp3) is 0.222. The molecule has 0 heterocycles. The maximum absolute atomic E-state index is 13.2. The number of Topliss-reactive ketones (excluding diaryl/α,β-unsaturated/α-hetero) is 1. The van der Waals surface area contributed by atoms with E-state index in [-0.39, 0.29) is 5.02 Å². The lowest BCUT2D eigenvalue weighted by Crippen LogP contribution is -2.14. The summed E-state index contributed by atoms with van der Waals surface area (Å²) in [4.78, 5) is 10.2. The molecule has 0 unspecified atom stereocenters. The Hall–Kier alpha value is -0.940. The first-order valence-electron chi connectivity index (χ1n) is 4.00. The molecule has 0 aromatic heterocycles. The van der Waals surface area contributed by atoms with Gasteiger partial charge in [0.15, 0.2) is 9.84 Å². The van der Waals surface area contributed by atoms with Crippen LogP contribution in [0.5, 0.6) is 0 Å². The van der Waals surface area contributed by atoms with Crippen molar-refractivity contribution in [2.45, 2.75) is 11.8 Å². The van der Waals surface area contributed by atoms with Gasteiger partial charge in [-0.25, -0.2) is 12.8 Å². The summed E-state index contributed by atoms with van der Waals surface area (Å²) < 4.78 is 36.2. The van der Waals surface area contributed by atoms with E-state index < -0.39 is 32.1 Å². The maximum Gasteiger partial charge on any atom is 0.188 e. The van der Waals surface area contributed by atoms with Crippen LogP contribution < -0.4 is 0 Å². The van der Waals surface area contributed by atoms with Crippen LogP contribution in [0.4, 0.5) is 4.39 Å². The third-order valence-corrected chi connectivity index (χ3v) is 3.65. The SMILES string of the molecule is CC(=O)CS(=O)(=O)c1ccc(Cl)cc1F. The lowest BCUT2D eigenvalue weighted by Gasteiger charge is -2.03. The van der Waals surface area contributed by atoms with Crippen molar-refractivity contribution >= 4 is 27.2 Å². The van der Waals surface area contributed by atoms with E-state index in [9.17, 15) is 17.6 Å². The molecule has 0 fully saturated rings.